The van der Waals surface area contributed by atoms with E-state index in [2.05, 4.69) is 15.1 Å². The molecule has 0 radical (unpaired) electrons. The van der Waals surface area contributed by atoms with E-state index >= 15 is 0 Å². The molecular weight excluding hydrogens is 332 g/mol. The van der Waals surface area contributed by atoms with Crippen LogP contribution in [0.15, 0.2) is 48.8 Å². The van der Waals surface area contributed by atoms with Gasteiger partial charge >= 0.3 is 5.97 Å². The third-order valence-corrected chi connectivity index (χ3v) is 3.94. The van der Waals surface area contributed by atoms with Crippen molar-refractivity contribution in [1.29, 1.82) is 0 Å². The first-order chi connectivity index (χ1) is 12.6. The lowest BCUT2D eigenvalue weighted by Gasteiger charge is -2.07. The zero-order valence-corrected chi connectivity index (χ0v) is 14.5. The zero-order chi connectivity index (χ0) is 18.4. The van der Waals surface area contributed by atoms with E-state index in [1.807, 2.05) is 31.3 Å². The number of aromatic carboxylic acids is 1. The Morgan fingerprint density at radius 3 is 2.77 bits per heavy atom. The van der Waals surface area contributed by atoms with Crippen LogP contribution in [0.1, 0.15) is 29.0 Å². The van der Waals surface area contributed by atoms with E-state index in [-0.39, 0.29) is 5.69 Å². The minimum absolute atomic E-state index is 0.0818. The molecule has 0 saturated heterocycles. The molecule has 3 heterocycles. The minimum Gasteiger partial charge on any atom is -0.492 e. The van der Waals surface area contributed by atoms with E-state index in [0.29, 0.717) is 6.61 Å². The fraction of sp³-hybridized carbons (Fsp3) is 0.263. The van der Waals surface area contributed by atoms with Crippen molar-refractivity contribution >= 4 is 5.97 Å². The number of ether oxygens (including phenoxy) is 1. The lowest BCUT2D eigenvalue weighted by molar-refractivity contribution is 0.0690. The zero-order valence-electron chi connectivity index (χ0n) is 14.5. The number of nitrogens with zero attached hydrogens (tertiary/aromatic N) is 4. The van der Waals surface area contributed by atoms with Gasteiger partial charge in [0.1, 0.15) is 11.4 Å². The number of carboxylic acid groups (broad SMARTS) is 1. The second-order valence-corrected chi connectivity index (χ2v) is 5.84. The number of hydrogen-bond acceptors (Lipinski definition) is 5. The van der Waals surface area contributed by atoms with Gasteiger partial charge in [0.25, 0.3) is 0 Å². The van der Waals surface area contributed by atoms with Crippen LogP contribution in [0.3, 0.4) is 0 Å². The Labute approximate surface area is 151 Å². The number of aryl methyl sites for hydroxylation is 2. The fourth-order valence-electron chi connectivity index (χ4n) is 2.58. The molecule has 0 saturated carbocycles. The normalized spacial score (nSPS) is 10.7. The lowest BCUT2D eigenvalue weighted by Crippen LogP contribution is -2.03. The molecule has 0 amide bonds. The van der Waals surface area contributed by atoms with Crippen LogP contribution in [0.25, 0.3) is 11.4 Å². The highest BCUT2D eigenvalue weighted by Crippen LogP contribution is 2.18. The van der Waals surface area contributed by atoms with Crippen LogP contribution in [-0.4, -0.2) is 37.4 Å². The van der Waals surface area contributed by atoms with Gasteiger partial charge in [0, 0.05) is 18.9 Å². The maximum absolute atomic E-state index is 10.9. The van der Waals surface area contributed by atoms with Crippen LogP contribution >= 0.6 is 0 Å². The van der Waals surface area contributed by atoms with E-state index in [9.17, 15) is 4.79 Å². The molecule has 0 unspecified atom stereocenters. The van der Waals surface area contributed by atoms with E-state index in [4.69, 9.17) is 9.84 Å². The summed E-state index contributed by atoms with van der Waals surface area (Å²) < 4.78 is 7.48. The van der Waals surface area contributed by atoms with Crippen molar-refractivity contribution in [3.05, 3.63) is 60.2 Å². The van der Waals surface area contributed by atoms with Crippen LogP contribution in [0.2, 0.25) is 0 Å². The molecule has 3 aromatic rings. The van der Waals surface area contributed by atoms with Crippen molar-refractivity contribution < 1.29 is 14.6 Å². The molecule has 1 N–H and O–H groups in total. The monoisotopic (exact) mass is 352 g/mol. The molecular formula is C19H20N4O3. The summed E-state index contributed by atoms with van der Waals surface area (Å²) in [7, 11) is 1.88. The molecule has 0 atom stereocenters. The fourth-order valence-corrected chi connectivity index (χ4v) is 2.58. The molecule has 26 heavy (non-hydrogen) atoms. The molecule has 7 heteroatoms. The average Bonchev–Trinajstić information content (AvgIpc) is 3.08. The van der Waals surface area contributed by atoms with Crippen molar-refractivity contribution in [3.8, 4) is 17.1 Å². The van der Waals surface area contributed by atoms with E-state index < -0.39 is 5.97 Å². The summed E-state index contributed by atoms with van der Waals surface area (Å²) >= 11 is 0. The first kappa shape index (κ1) is 17.6. The Bertz CT molecular complexity index is 875. The van der Waals surface area contributed by atoms with Gasteiger partial charge in [-0.2, -0.15) is 5.10 Å². The molecule has 134 valence electrons. The van der Waals surface area contributed by atoms with Crippen molar-refractivity contribution in [2.75, 3.05) is 6.61 Å². The summed E-state index contributed by atoms with van der Waals surface area (Å²) in [6, 6.07) is 10.8. The van der Waals surface area contributed by atoms with E-state index in [1.165, 1.54) is 6.07 Å². The van der Waals surface area contributed by atoms with Crippen LogP contribution in [0.5, 0.6) is 5.75 Å². The molecule has 0 spiro atoms. The largest absolute Gasteiger partial charge is 0.492 e. The summed E-state index contributed by atoms with van der Waals surface area (Å²) in [6.07, 6.45) is 5.89. The molecule has 0 aromatic carbocycles. The maximum atomic E-state index is 10.9. The predicted octanol–water partition coefficient (Wildman–Crippen LogP) is 2.98. The first-order valence-electron chi connectivity index (χ1n) is 8.40. The molecule has 7 nitrogen and oxygen atoms in total. The van der Waals surface area contributed by atoms with Crippen LogP contribution in [0, 0.1) is 0 Å². The summed E-state index contributed by atoms with van der Waals surface area (Å²) in [6.45, 7) is 0.575. The van der Waals surface area contributed by atoms with Gasteiger partial charge in [0.15, 0.2) is 0 Å². The third-order valence-electron chi connectivity index (χ3n) is 3.94. The van der Waals surface area contributed by atoms with E-state index in [1.54, 1.807) is 23.1 Å². The van der Waals surface area contributed by atoms with Gasteiger partial charge in [-0.1, -0.05) is 6.07 Å². The van der Waals surface area contributed by atoms with Crippen molar-refractivity contribution in [3.63, 3.8) is 0 Å². The second kappa shape index (κ2) is 8.24. The Morgan fingerprint density at radius 2 is 2.08 bits per heavy atom. The van der Waals surface area contributed by atoms with Crippen molar-refractivity contribution in [2.24, 2.45) is 7.05 Å². The standard InChI is InChI=1S/C19H20N4O3/c1-23-18(10-11-21-23)16-9-8-15(13-20-16)26-12-3-2-5-14-6-4-7-17(22-14)19(24)25/h4,6-11,13H,2-3,5,12H2,1H3,(H,24,25). The number of carboxylic acids is 1. The molecule has 0 bridgehead atoms. The summed E-state index contributed by atoms with van der Waals surface area (Å²) in [4.78, 5) is 19.4. The predicted molar refractivity (Wildman–Crippen MR) is 96.1 cm³/mol. The van der Waals surface area contributed by atoms with Crippen molar-refractivity contribution in [1.82, 2.24) is 19.7 Å². The summed E-state index contributed by atoms with van der Waals surface area (Å²) in [5.74, 6) is -0.279. The Hall–Kier alpha value is -3.22. The number of rotatable bonds is 8. The minimum atomic E-state index is -1.00. The quantitative estimate of drug-likeness (QED) is 0.627. The number of carbonyl (C=O) groups is 1. The molecule has 0 aliphatic carbocycles. The highest BCUT2D eigenvalue weighted by atomic mass is 16.5. The molecule has 0 aliphatic rings. The van der Waals surface area contributed by atoms with Gasteiger partial charge in [-0.25, -0.2) is 9.78 Å². The molecule has 3 rings (SSSR count). The average molecular weight is 352 g/mol. The van der Waals surface area contributed by atoms with Gasteiger partial charge in [-0.15, -0.1) is 0 Å². The van der Waals surface area contributed by atoms with Crippen LogP contribution in [-0.2, 0) is 13.5 Å². The SMILES string of the molecule is Cn1nccc1-c1ccc(OCCCCc2cccc(C(=O)O)n2)cn1. The highest BCUT2D eigenvalue weighted by Gasteiger charge is 2.06. The van der Waals surface area contributed by atoms with Gasteiger partial charge in [-0.05, 0) is 49.6 Å². The topological polar surface area (TPSA) is 90.1 Å². The number of pyridine rings is 2. The number of hydrogen-bond donors (Lipinski definition) is 1. The second-order valence-electron chi connectivity index (χ2n) is 5.84. The van der Waals surface area contributed by atoms with Gasteiger partial charge in [0.2, 0.25) is 0 Å². The Balaban J connectivity index is 1.43. The summed E-state index contributed by atoms with van der Waals surface area (Å²) in [5.41, 5.74) is 2.67. The summed E-state index contributed by atoms with van der Waals surface area (Å²) in [5, 5.41) is 13.1. The smallest absolute Gasteiger partial charge is 0.354 e. The molecule has 3 aromatic heterocycles. The van der Waals surface area contributed by atoms with Crippen LogP contribution < -0.4 is 4.74 Å². The van der Waals surface area contributed by atoms with E-state index in [0.717, 1.165) is 42.1 Å². The molecule has 0 fully saturated rings. The van der Waals surface area contributed by atoms with Gasteiger partial charge in [0.05, 0.1) is 24.2 Å². The molecule has 0 aliphatic heterocycles. The lowest BCUT2D eigenvalue weighted by atomic mass is 10.2. The third kappa shape index (κ3) is 4.44. The van der Waals surface area contributed by atoms with Crippen molar-refractivity contribution in [2.45, 2.75) is 19.3 Å². The highest BCUT2D eigenvalue weighted by molar-refractivity contribution is 5.85. The van der Waals surface area contributed by atoms with Crippen LogP contribution in [0.4, 0.5) is 0 Å². The van der Waals surface area contributed by atoms with Gasteiger partial charge < -0.3 is 9.84 Å². The Kier molecular flexibility index (Phi) is 5.58. The first-order valence-corrected chi connectivity index (χ1v) is 8.40. The van der Waals surface area contributed by atoms with Gasteiger partial charge in [-0.3, -0.25) is 9.67 Å². The Morgan fingerprint density at radius 1 is 1.19 bits per heavy atom. The number of unbranched alkanes of at least 4 members (excludes halogenated alkanes) is 1. The number of aromatic nitrogens is 4. The maximum Gasteiger partial charge on any atom is 0.354 e.